The summed E-state index contributed by atoms with van der Waals surface area (Å²) in [5, 5.41) is 15.1. The average Bonchev–Trinajstić information content (AvgIpc) is 3.25. The minimum Gasteiger partial charge on any atom is -0.462 e. The summed E-state index contributed by atoms with van der Waals surface area (Å²) in [6, 6.07) is 11.1. The first-order valence-electron chi connectivity index (χ1n) is 10.7. The van der Waals surface area contributed by atoms with Crippen molar-refractivity contribution >= 4 is 58.4 Å². The Kier molecular flexibility index (Phi) is 9.53. The molecule has 3 aromatic rings. The highest BCUT2D eigenvalue weighted by Gasteiger charge is 2.15. The number of ether oxygens (including phenoxy) is 1. The SMILES string of the molecule is CCOC(=O)c1ccc(NC(=O)CSc2nnc(CNC(=O)c3ccc(Cl)c(Cl)c3)n2CC)cc1. The Morgan fingerprint density at radius 3 is 2.37 bits per heavy atom. The number of hydrogen-bond donors (Lipinski definition) is 2. The number of amides is 2. The van der Waals surface area contributed by atoms with Crippen LogP contribution in [0.2, 0.25) is 10.0 Å². The minimum atomic E-state index is -0.413. The van der Waals surface area contributed by atoms with Gasteiger partial charge in [-0.1, -0.05) is 35.0 Å². The standard InChI is InChI=1S/C23H23Cl2N5O4S/c1-3-30-19(12-26-21(32)15-7-10-17(24)18(25)11-15)28-29-23(30)35-13-20(31)27-16-8-5-14(6-9-16)22(33)34-4-2/h5-11H,3-4,12-13H2,1-2H3,(H,26,32)(H,27,31). The number of hydrogen-bond acceptors (Lipinski definition) is 7. The molecule has 0 radical (unpaired) electrons. The molecule has 3 rings (SSSR count). The number of carbonyl (C=O) groups excluding carboxylic acids is 3. The Morgan fingerprint density at radius 2 is 1.71 bits per heavy atom. The van der Waals surface area contributed by atoms with Crippen LogP contribution < -0.4 is 10.6 Å². The second-order valence-electron chi connectivity index (χ2n) is 7.09. The average molecular weight is 536 g/mol. The van der Waals surface area contributed by atoms with Crippen LogP contribution in [0.1, 0.15) is 40.4 Å². The van der Waals surface area contributed by atoms with Gasteiger partial charge in [-0.05, 0) is 56.3 Å². The number of rotatable bonds is 10. The minimum absolute atomic E-state index is 0.105. The number of benzene rings is 2. The third kappa shape index (κ3) is 7.20. The molecule has 1 aromatic heterocycles. The maximum atomic E-state index is 12.4. The number of carbonyl (C=O) groups is 3. The molecule has 0 saturated heterocycles. The predicted octanol–water partition coefficient (Wildman–Crippen LogP) is 4.44. The summed E-state index contributed by atoms with van der Waals surface area (Å²) in [4.78, 5) is 36.5. The van der Waals surface area contributed by atoms with Crippen molar-refractivity contribution in [1.82, 2.24) is 20.1 Å². The summed E-state index contributed by atoms with van der Waals surface area (Å²) in [5.41, 5.74) is 1.35. The van der Waals surface area contributed by atoms with Crippen molar-refractivity contribution in [2.75, 3.05) is 17.7 Å². The third-order valence-electron chi connectivity index (χ3n) is 4.71. The van der Waals surface area contributed by atoms with Crippen molar-refractivity contribution in [3.05, 3.63) is 69.5 Å². The van der Waals surface area contributed by atoms with Crippen molar-refractivity contribution in [2.24, 2.45) is 0 Å². The van der Waals surface area contributed by atoms with E-state index in [0.717, 1.165) is 0 Å². The van der Waals surface area contributed by atoms with E-state index in [0.29, 0.717) is 51.0 Å². The van der Waals surface area contributed by atoms with E-state index in [4.69, 9.17) is 27.9 Å². The molecule has 2 aromatic carbocycles. The summed E-state index contributed by atoms with van der Waals surface area (Å²) >= 11 is 13.1. The van der Waals surface area contributed by atoms with Crippen LogP contribution in [0.4, 0.5) is 5.69 Å². The fourth-order valence-corrected chi connectivity index (χ4v) is 4.12. The van der Waals surface area contributed by atoms with E-state index in [2.05, 4.69) is 20.8 Å². The highest BCUT2D eigenvalue weighted by Crippen LogP contribution is 2.23. The van der Waals surface area contributed by atoms with Gasteiger partial charge in [-0.3, -0.25) is 9.59 Å². The first-order chi connectivity index (χ1) is 16.8. The monoisotopic (exact) mass is 535 g/mol. The van der Waals surface area contributed by atoms with Crippen molar-refractivity contribution < 1.29 is 19.1 Å². The molecule has 1 heterocycles. The Morgan fingerprint density at radius 1 is 1.00 bits per heavy atom. The molecule has 2 N–H and O–H groups in total. The van der Waals surface area contributed by atoms with Gasteiger partial charge in [-0.25, -0.2) is 4.79 Å². The summed E-state index contributed by atoms with van der Waals surface area (Å²) < 4.78 is 6.76. The fourth-order valence-electron chi connectivity index (χ4n) is 3.00. The summed E-state index contributed by atoms with van der Waals surface area (Å²) in [5.74, 6) is -0.314. The first-order valence-corrected chi connectivity index (χ1v) is 12.4. The number of halogens is 2. The van der Waals surface area contributed by atoms with Crippen LogP contribution in [0.3, 0.4) is 0 Å². The Labute approximate surface area is 216 Å². The summed E-state index contributed by atoms with van der Waals surface area (Å²) in [7, 11) is 0. The van der Waals surface area contributed by atoms with Crippen LogP contribution in [0.25, 0.3) is 0 Å². The quantitative estimate of drug-likeness (QED) is 0.291. The lowest BCUT2D eigenvalue weighted by atomic mass is 10.2. The van der Waals surface area contributed by atoms with Crippen LogP contribution in [0.15, 0.2) is 47.6 Å². The zero-order valence-electron chi connectivity index (χ0n) is 19.0. The van der Waals surface area contributed by atoms with Gasteiger partial charge in [0.1, 0.15) is 0 Å². The number of thioether (sulfide) groups is 1. The van der Waals surface area contributed by atoms with Crippen LogP contribution in [0, 0.1) is 0 Å². The molecule has 12 heteroatoms. The molecule has 9 nitrogen and oxygen atoms in total. The predicted molar refractivity (Wildman–Crippen MR) is 135 cm³/mol. The van der Waals surface area contributed by atoms with E-state index in [-0.39, 0.29) is 24.1 Å². The number of esters is 1. The van der Waals surface area contributed by atoms with Gasteiger partial charge in [0.05, 0.1) is 34.5 Å². The fraction of sp³-hybridized carbons (Fsp3) is 0.261. The molecule has 35 heavy (non-hydrogen) atoms. The maximum absolute atomic E-state index is 12.4. The molecule has 0 aliphatic rings. The zero-order chi connectivity index (χ0) is 25.4. The van der Waals surface area contributed by atoms with Gasteiger partial charge in [0.25, 0.3) is 5.91 Å². The van der Waals surface area contributed by atoms with Crippen LogP contribution >= 0.6 is 35.0 Å². The van der Waals surface area contributed by atoms with E-state index in [1.54, 1.807) is 43.3 Å². The molecule has 0 saturated carbocycles. The Balaban J connectivity index is 1.54. The van der Waals surface area contributed by atoms with Gasteiger partial charge in [0.15, 0.2) is 11.0 Å². The molecule has 184 valence electrons. The van der Waals surface area contributed by atoms with Gasteiger partial charge in [-0.15, -0.1) is 10.2 Å². The van der Waals surface area contributed by atoms with E-state index in [1.807, 2.05) is 11.5 Å². The number of aromatic nitrogens is 3. The molecule has 0 aliphatic heterocycles. The molecular weight excluding hydrogens is 513 g/mol. The molecule has 0 fully saturated rings. The molecule has 0 bridgehead atoms. The van der Waals surface area contributed by atoms with Crippen molar-refractivity contribution in [3.8, 4) is 0 Å². The van der Waals surface area contributed by atoms with E-state index in [9.17, 15) is 14.4 Å². The van der Waals surface area contributed by atoms with Crippen molar-refractivity contribution in [3.63, 3.8) is 0 Å². The second-order valence-corrected chi connectivity index (χ2v) is 8.85. The molecule has 0 aliphatic carbocycles. The Bertz CT molecular complexity index is 1220. The first kappa shape index (κ1) is 26.5. The molecule has 0 spiro atoms. The van der Waals surface area contributed by atoms with Crippen LogP contribution in [0.5, 0.6) is 0 Å². The van der Waals surface area contributed by atoms with Crippen molar-refractivity contribution in [1.29, 1.82) is 0 Å². The molecule has 2 amide bonds. The lowest BCUT2D eigenvalue weighted by Gasteiger charge is -2.09. The van der Waals surface area contributed by atoms with Gasteiger partial charge >= 0.3 is 5.97 Å². The van der Waals surface area contributed by atoms with Gasteiger partial charge in [0.2, 0.25) is 5.91 Å². The lowest BCUT2D eigenvalue weighted by Crippen LogP contribution is -2.24. The summed E-state index contributed by atoms with van der Waals surface area (Å²) in [6.07, 6.45) is 0. The molecule has 0 unspecified atom stereocenters. The lowest BCUT2D eigenvalue weighted by molar-refractivity contribution is -0.113. The van der Waals surface area contributed by atoms with E-state index >= 15 is 0 Å². The van der Waals surface area contributed by atoms with E-state index < -0.39 is 5.97 Å². The highest BCUT2D eigenvalue weighted by molar-refractivity contribution is 7.99. The normalized spacial score (nSPS) is 10.6. The molecule has 0 atom stereocenters. The van der Waals surface area contributed by atoms with Gasteiger partial charge in [-0.2, -0.15) is 0 Å². The summed E-state index contributed by atoms with van der Waals surface area (Å²) in [6.45, 7) is 4.66. The highest BCUT2D eigenvalue weighted by atomic mass is 35.5. The van der Waals surface area contributed by atoms with Gasteiger partial charge < -0.3 is 19.9 Å². The van der Waals surface area contributed by atoms with E-state index in [1.165, 1.54) is 17.8 Å². The number of nitrogens with zero attached hydrogens (tertiary/aromatic N) is 3. The third-order valence-corrected chi connectivity index (χ3v) is 6.42. The van der Waals surface area contributed by atoms with Crippen LogP contribution in [-0.2, 0) is 22.6 Å². The van der Waals surface area contributed by atoms with Gasteiger partial charge in [0, 0.05) is 17.8 Å². The molecular formula is C23H23Cl2N5O4S. The Hall–Kier alpha value is -3.08. The van der Waals surface area contributed by atoms with Crippen LogP contribution in [-0.4, -0.2) is 44.9 Å². The smallest absolute Gasteiger partial charge is 0.338 e. The maximum Gasteiger partial charge on any atom is 0.338 e. The number of nitrogens with one attached hydrogen (secondary N) is 2. The zero-order valence-corrected chi connectivity index (χ0v) is 21.3. The topological polar surface area (TPSA) is 115 Å². The second kappa shape index (κ2) is 12.6. The number of anilines is 1. The van der Waals surface area contributed by atoms with Crippen molar-refractivity contribution in [2.45, 2.75) is 32.1 Å². The largest absolute Gasteiger partial charge is 0.462 e.